The minimum atomic E-state index is -3.38. The predicted molar refractivity (Wildman–Crippen MR) is 141 cm³/mol. The van der Waals surface area contributed by atoms with E-state index < -0.39 is 22.0 Å². The molecule has 194 valence electrons. The van der Waals surface area contributed by atoms with Crippen molar-refractivity contribution in [2.75, 3.05) is 55.1 Å². The van der Waals surface area contributed by atoms with Gasteiger partial charge in [0.2, 0.25) is 10.0 Å². The number of carboxylic acid groups (broad SMARTS) is 1. The number of nitrogen functional groups attached to an aromatic ring is 1. The molecule has 2 saturated heterocycles. The first-order valence-electron chi connectivity index (χ1n) is 12.1. The zero-order valence-electron chi connectivity index (χ0n) is 20.4. The number of amidine groups is 1. The van der Waals surface area contributed by atoms with Crippen LogP contribution in [0.15, 0.2) is 48.5 Å². The lowest BCUT2D eigenvalue weighted by atomic mass is 9.97. The van der Waals surface area contributed by atoms with E-state index in [9.17, 15) is 18.3 Å². The summed E-state index contributed by atoms with van der Waals surface area (Å²) in [5.74, 6) is -0.828. The number of hydrogen-bond acceptors (Lipinski definition) is 7. The van der Waals surface area contributed by atoms with Crippen LogP contribution in [-0.4, -0.2) is 86.7 Å². The first kappa shape index (κ1) is 25.9. The fourth-order valence-corrected chi connectivity index (χ4v) is 5.73. The van der Waals surface area contributed by atoms with E-state index in [1.165, 1.54) is 0 Å². The fourth-order valence-electron chi connectivity index (χ4n) is 5.16. The number of nitrogens with one attached hydrogen (secondary N) is 2. The highest BCUT2D eigenvalue weighted by Gasteiger charge is 2.33. The van der Waals surface area contributed by atoms with Gasteiger partial charge in [-0.05, 0) is 54.8 Å². The van der Waals surface area contributed by atoms with Crippen LogP contribution in [0.5, 0.6) is 0 Å². The lowest BCUT2D eigenvalue weighted by Crippen LogP contribution is -2.54. The number of carboxylic acids is 1. The SMILES string of the molecule is CS(=O)(=O)Nc1ccc(C(C(=O)O)N2CCC(N3CCN(c4ccc(C(=N)N)cc4)CC3)CC2)cc1. The number of likely N-dealkylation sites (tertiary alicyclic amines) is 1. The molecule has 0 radical (unpaired) electrons. The van der Waals surface area contributed by atoms with Crippen molar-refractivity contribution in [3.8, 4) is 0 Å². The average Bonchev–Trinajstić information content (AvgIpc) is 2.85. The molecule has 2 aromatic rings. The molecule has 2 aliphatic heterocycles. The van der Waals surface area contributed by atoms with Crippen molar-refractivity contribution in [2.24, 2.45) is 5.73 Å². The van der Waals surface area contributed by atoms with Gasteiger partial charge in [0.15, 0.2) is 0 Å². The largest absolute Gasteiger partial charge is 0.480 e. The number of rotatable bonds is 8. The molecule has 0 spiro atoms. The van der Waals surface area contributed by atoms with E-state index >= 15 is 0 Å². The second-order valence-corrected chi connectivity index (χ2v) is 11.2. The van der Waals surface area contributed by atoms with Gasteiger partial charge in [0, 0.05) is 62.2 Å². The number of sulfonamides is 1. The third kappa shape index (κ3) is 6.34. The first-order chi connectivity index (χ1) is 17.1. The van der Waals surface area contributed by atoms with Gasteiger partial charge < -0.3 is 15.7 Å². The van der Waals surface area contributed by atoms with Gasteiger partial charge in [0.1, 0.15) is 11.9 Å². The third-order valence-corrected chi connectivity index (χ3v) is 7.61. The van der Waals surface area contributed by atoms with Gasteiger partial charge in [-0.3, -0.25) is 24.7 Å². The quantitative estimate of drug-likeness (QED) is 0.308. The molecule has 0 aliphatic carbocycles. The molecule has 2 heterocycles. The number of aliphatic carboxylic acids is 1. The topological polar surface area (TPSA) is 143 Å². The average molecular weight is 515 g/mol. The molecule has 0 bridgehead atoms. The number of nitrogens with two attached hydrogens (primary N) is 1. The highest BCUT2D eigenvalue weighted by molar-refractivity contribution is 7.92. The summed E-state index contributed by atoms with van der Waals surface area (Å²) in [5, 5.41) is 17.5. The normalized spacial score (nSPS) is 19.1. The predicted octanol–water partition coefficient (Wildman–Crippen LogP) is 1.75. The molecular formula is C25H34N6O4S. The number of carbonyl (C=O) groups is 1. The Labute approximate surface area is 212 Å². The molecule has 0 aromatic heterocycles. The molecule has 4 rings (SSSR count). The summed E-state index contributed by atoms with van der Waals surface area (Å²) in [6, 6.07) is 14.0. The van der Waals surface area contributed by atoms with E-state index in [1.54, 1.807) is 24.3 Å². The van der Waals surface area contributed by atoms with Crippen LogP contribution in [0.25, 0.3) is 0 Å². The number of hydrogen-bond donors (Lipinski definition) is 4. The highest BCUT2D eigenvalue weighted by Crippen LogP contribution is 2.29. The molecular weight excluding hydrogens is 480 g/mol. The smallest absolute Gasteiger partial charge is 0.325 e. The zero-order valence-corrected chi connectivity index (χ0v) is 21.2. The van der Waals surface area contributed by atoms with Crippen molar-refractivity contribution in [1.29, 1.82) is 5.41 Å². The molecule has 1 unspecified atom stereocenters. The number of nitrogens with zero attached hydrogens (tertiary/aromatic N) is 3. The van der Waals surface area contributed by atoms with Crippen molar-refractivity contribution >= 4 is 33.2 Å². The van der Waals surface area contributed by atoms with Crippen molar-refractivity contribution in [3.05, 3.63) is 59.7 Å². The number of benzene rings is 2. The monoisotopic (exact) mass is 514 g/mol. The fraction of sp³-hybridized carbons (Fsp3) is 0.440. The Kier molecular flexibility index (Phi) is 7.82. The molecule has 10 nitrogen and oxygen atoms in total. The summed E-state index contributed by atoms with van der Waals surface area (Å²) in [7, 11) is -3.38. The Morgan fingerprint density at radius 1 is 1.00 bits per heavy atom. The Bertz CT molecular complexity index is 1170. The van der Waals surface area contributed by atoms with Crippen LogP contribution in [0.1, 0.15) is 30.0 Å². The van der Waals surface area contributed by atoms with Gasteiger partial charge in [-0.15, -0.1) is 0 Å². The van der Waals surface area contributed by atoms with Crippen LogP contribution in [0.3, 0.4) is 0 Å². The summed E-state index contributed by atoms with van der Waals surface area (Å²) in [6.07, 6.45) is 2.90. The maximum absolute atomic E-state index is 12.1. The minimum Gasteiger partial charge on any atom is -0.480 e. The van der Waals surface area contributed by atoms with Gasteiger partial charge in [0.25, 0.3) is 0 Å². The Hall–Kier alpha value is -3.15. The lowest BCUT2D eigenvalue weighted by Gasteiger charge is -2.44. The van der Waals surface area contributed by atoms with Crippen LogP contribution >= 0.6 is 0 Å². The van der Waals surface area contributed by atoms with E-state index in [2.05, 4.69) is 14.5 Å². The third-order valence-electron chi connectivity index (χ3n) is 7.00. The van der Waals surface area contributed by atoms with Gasteiger partial charge in [0.05, 0.1) is 6.26 Å². The Morgan fingerprint density at radius 3 is 2.08 bits per heavy atom. The summed E-state index contributed by atoms with van der Waals surface area (Å²) < 4.78 is 25.3. The van der Waals surface area contributed by atoms with Crippen LogP contribution < -0.4 is 15.4 Å². The van der Waals surface area contributed by atoms with Crippen molar-refractivity contribution in [2.45, 2.75) is 24.9 Å². The van der Waals surface area contributed by atoms with E-state index in [0.717, 1.165) is 56.5 Å². The molecule has 0 saturated carbocycles. The molecule has 2 aromatic carbocycles. The van der Waals surface area contributed by atoms with Crippen LogP contribution in [0, 0.1) is 5.41 Å². The highest BCUT2D eigenvalue weighted by atomic mass is 32.2. The van der Waals surface area contributed by atoms with E-state index in [0.29, 0.717) is 30.4 Å². The van der Waals surface area contributed by atoms with Gasteiger partial charge in [-0.1, -0.05) is 12.1 Å². The summed E-state index contributed by atoms with van der Waals surface area (Å²) in [4.78, 5) is 19.0. The summed E-state index contributed by atoms with van der Waals surface area (Å²) in [6.45, 7) is 5.14. The second-order valence-electron chi connectivity index (χ2n) is 9.49. The molecule has 2 fully saturated rings. The van der Waals surface area contributed by atoms with Crippen LogP contribution in [-0.2, 0) is 14.8 Å². The van der Waals surface area contributed by atoms with E-state index in [1.807, 2.05) is 29.2 Å². The number of piperazine rings is 1. The van der Waals surface area contributed by atoms with Gasteiger partial charge >= 0.3 is 5.97 Å². The molecule has 0 amide bonds. The minimum absolute atomic E-state index is 0.0730. The van der Waals surface area contributed by atoms with Gasteiger partial charge in [-0.2, -0.15) is 0 Å². The maximum atomic E-state index is 12.1. The zero-order chi connectivity index (χ0) is 25.9. The number of anilines is 2. The second kappa shape index (κ2) is 10.9. The molecule has 11 heteroatoms. The van der Waals surface area contributed by atoms with Crippen LogP contribution in [0.2, 0.25) is 0 Å². The standard InChI is InChI=1S/C25H34N6O4S/c1-36(34,35)28-20-6-2-18(3-7-20)23(25(32)33)31-12-10-22(11-13-31)30-16-14-29(15-17-30)21-8-4-19(5-9-21)24(26)27/h2-9,22-23,28H,10-17H2,1H3,(H3,26,27)(H,32,33). The first-order valence-corrected chi connectivity index (χ1v) is 14.0. The molecule has 1 atom stereocenters. The molecule has 2 aliphatic rings. The van der Waals surface area contributed by atoms with E-state index in [4.69, 9.17) is 11.1 Å². The summed E-state index contributed by atoms with van der Waals surface area (Å²) >= 11 is 0. The maximum Gasteiger partial charge on any atom is 0.325 e. The van der Waals surface area contributed by atoms with E-state index in [-0.39, 0.29) is 5.84 Å². The van der Waals surface area contributed by atoms with Crippen molar-refractivity contribution in [1.82, 2.24) is 9.80 Å². The Balaban J connectivity index is 1.31. The number of piperidine rings is 1. The summed E-state index contributed by atoms with van der Waals surface area (Å²) in [5.41, 5.74) is 8.47. The lowest BCUT2D eigenvalue weighted by molar-refractivity contribution is -0.144. The van der Waals surface area contributed by atoms with Crippen molar-refractivity contribution < 1.29 is 18.3 Å². The van der Waals surface area contributed by atoms with Gasteiger partial charge in [-0.25, -0.2) is 8.42 Å². The van der Waals surface area contributed by atoms with Crippen LogP contribution in [0.4, 0.5) is 11.4 Å². The Morgan fingerprint density at radius 2 is 1.58 bits per heavy atom. The molecule has 5 N–H and O–H groups in total. The molecule has 36 heavy (non-hydrogen) atoms. The van der Waals surface area contributed by atoms with Crippen molar-refractivity contribution in [3.63, 3.8) is 0 Å².